The molecule has 0 spiro atoms. The third-order valence-corrected chi connectivity index (χ3v) is 4.00. The van der Waals surface area contributed by atoms with Gasteiger partial charge in [0.25, 0.3) is 0 Å². The van der Waals surface area contributed by atoms with Crippen molar-refractivity contribution < 1.29 is 0 Å². The van der Waals surface area contributed by atoms with E-state index in [1.807, 2.05) is 0 Å². The van der Waals surface area contributed by atoms with E-state index in [0.717, 1.165) is 17.2 Å². The molecule has 1 heterocycles. The van der Waals surface area contributed by atoms with Gasteiger partial charge in [0.1, 0.15) is 0 Å². The van der Waals surface area contributed by atoms with Crippen molar-refractivity contribution in [2.24, 2.45) is 5.73 Å². The zero-order chi connectivity index (χ0) is 9.47. The minimum absolute atomic E-state index is 0.168. The molecule has 0 radical (unpaired) electrons. The van der Waals surface area contributed by atoms with E-state index < -0.39 is 0 Å². The minimum Gasteiger partial charge on any atom is -0.325 e. The third kappa shape index (κ3) is 2.25. The first-order valence-electron chi connectivity index (χ1n) is 4.63. The molecular weight excluding hydrogens is 202 g/mol. The molecule has 1 aromatic rings. The van der Waals surface area contributed by atoms with Crippen LogP contribution in [0.1, 0.15) is 29.7 Å². The van der Waals surface area contributed by atoms with Crippen LogP contribution in [0.3, 0.4) is 0 Å². The zero-order valence-electron chi connectivity index (χ0n) is 7.77. The summed E-state index contributed by atoms with van der Waals surface area (Å²) in [5.74, 6) is 0. The van der Waals surface area contributed by atoms with Gasteiger partial charge in [0, 0.05) is 10.4 Å². The lowest BCUT2D eigenvalue weighted by Crippen LogP contribution is -2.22. The molecule has 2 N–H and O–H groups in total. The summed E-state index contributed by atoms with van der Waals surface area (Å²) in [7, 11) is 0. The fraction of sp³-hybridized carbons (Fsp3) is 0.600. The first-order chi connectivity index (χ1) is 6.09. The molecule has 0 atom stereocenters. The average molecular weight is 216 g/mol. The van der Waals surface area contributed by atoms with Gasteiger partial charge >= 0.3 is 0 Å². The van der Waals surface area contributed by atoms with E-state index in [2.05, 4.69) is 13.0 Å². The van der Waals surface area contributed by atoms with Crippen LogP contribution in [-0.4, -0.2) is 5.54 Å². The molecule has 0 aliphatic heterocycles. The van der Waals surface area contributed by atoms with Crippen molar-refractivity contribution in [2.75, 3.05) is 0 Å². The number of aryl methyl sites for hydroxylation is 2. The van der Waals surface area contributed by atoms with Crippen molar-refractivity contribution in [3.63, 3.8) is 0 Å². The summed E-state index contributed by atoms with van der Waals surface area (Å²) >= 11 is 7.58. The number of nitrogens with two attached hydrogens (primary N) is 1. The van der Waals surface area contributed by atoms with Crippen molar-refractivity contribution in [3.8, 4) is 0 Å². The molecular formula is C10H14ClNS. The first kappa shape index (κ1) is 9.50. The summed E-state index contributed by atoms with van der Waals surface area (Å²) in [5, 5.41) is 0. The fourth-order valence-corrected chi connectivity index (χ4v) is 2.79. The molecule has 1 aliphatic carbocycles. The number of thiophene rings is 1. The van der Waals surface area contributed by atoms with Crippen LogP contribution >= 0.6 is 22.9 Å². The summed E-state index contributed by atoms with van der Waals surface area (Å²) in [4.78, 5) is 1.34. The Bertz CT molecular complexity index is 315. The monoisotopic (exact) mass is 215 g/mol. The van der Waals surface area contributed by atoms with Crippen LogP contribution in [0.25, 0.3) is 0 Å². The topological polar surface area (TPSA) is 26.0 Å². The van der Waals surface area contributed by atoms with Gasteiger partial charge in [-0.3, -0.25) is 0 Å². The van der Waals surface area contributed by atoms with Crippen molar-refractivity contribution in [1.82, 2.24) is 0 Å². The molecule has 0 amide bonds. The first-order valence-corrected chi connectivity index (χ1v) is 5.82. The summed E-state index contributed by atoms with van der Waals surface area (Å²) in [6.45, 7) is 2.13. The van der Waals surface area contributed by atoms with E-state index in [0.29, 0.717) is 0 Å². The number of hydrogen-bond acceptors (Lipinski definition) is 2. The molecule has 0 saturated heterocycles. The lowest BCUT2D eigenvalue weighted by Gasteiger charge is -2.06. The maximum absolute atomic E-state index is 6.02. The van der Waals surface area contributed by atoms with Gasteiger partial charge in [-0.15, -0.1) is 11.3 Å². The molecule has 13 heavy (non-hydrogen) atoms. The van der Waals surface area contributed by atoms with Crippen molar-refractivity contribution in [1.29, 1.82) is 0 Å². The van der Waals surface area contributed by atoms with E-state index in [1.54, 1.807) is 11.3 Å². The average Bonchev–Trinajstić information content (AvgIpc) is 2.69. The van der Waals surface area contributed by atoms with Crippen molar-refractivity contribution >= 4 is 22.9 Å². The third-order valence-electron chi connectivity index (χ3n) is 2.77. The summed E-state index contributed by atoms with van der Waals surface area (Å²) in [5.41, 5.74) is 7.57. The molecule has 0 bridgehead atoms. The van der Waals surface area contributed by atoms with Crippen LogP contribution in [0.4, 0.5) is 0 Å². The second kappa shape index (κ2) is 3.26. The molecule has 0 unspecified atom stereocenters. The van der Waals surface area contributed by atoms with Crippen molar-refractivity contribution in [3.05, 3.63) is 20.8 Å². The molecule has 3 heteroatoms. The molecule has 1 aromatic heterocycles. The lowest BCUT2D eigenvalue weighted by molar-refractivity contribution is 0.609. The lowest BCUT2D eigenvalue weighted by atomic mass is 10.1. The smallest absolute Gasteiger partial charge is 0.0933 e. The summed E-state index contributed by atoms with van der Waals surface area (Å²) in [6.07, 6.45) is 4.60. The van der Waals surface area contributed by atoms with E-state index in [9.17, 15) is 0 Å². The highest BCUT2D eigenvalue weighted by Gasteiger charge is 2.37. The highest BCUT2D eigenvalue weighted by molar-refractivity contribution is 7.16. The Morgan fingerprint density at radius 2 is 2.31 bits per heavy atom. The predicted octanol–water partition coefficient (Wildman–Crippen LogP) is 3.13. The summed E-state index contributed by atoms with van der Waals surface area (Å²) < 4.78 is 0.898. The van der Waals surface area contributed by atoms with Gasteiger partial charge in [0.2, 0.25) is 0 Å². The van der Waals surface area contributed by atoms with Crippen LogP contribution in [0, 0.1) is 6.92 Å². The number of rotatable bonds is 3. The van der Waals surface area contributed by atoms with Gasteiger partial charge in [0.15, 0.2) is 0 Å². The minimum atomic E-state index is 0.168. The largest absolute Gasteiger partial charge is 0.325 e. The SMILES string of the molecule is Cc1sc(Cl)cc1CCC1(N)CC1. The maximum Gasteiger partial charge on any atom is 0.0933 e. The fourth-order valence-electron chi connectivity index (χ4n) is 1.52. The Balaban J connectivity index is 1.97. The zero-order valence-corrected chi connectivity index (χ0v) is 9.34. The Morgan fingerprint density at radius 3 is 2.77 bits per heavy atom. The number of hydrogen-bond donors (Lipinski definition) is 1. The highest BCUT2D eigenvalue weighted by atomic mass is 35.5. The van der Waals surface area contributed by atoms with Crippen molar-refractivity contribution in [2.45, 2.75) is 38.1 Å². The van der Waals surface area contributed by atoms with Gasteiger partial charge in [-0.1, -0.05) is 11.6 Å². The van der Waals surface area contributed by atoms with Gasteiger partial charge < -0.3 is 5.73 Å². The normalized spacial score (nSPS) is 19.0. The van der Waals surface area contributed by atoms with Crippen LogP contribution < -0.4 is 5.73 Å². The van der Waals surface area contributed by atoms with Crippen LogP contribution in [-0.2, 0) is 6.42 Å². The maximum atomic E-state index is 6.02. The quantitative estimate of drug-likeness (QED) is 0.824. The second-order valence-electron chi connectivity index (χ2n) is 3.99. The van der Waals surface area contributed by atoms with Crippen LogP contribution in [0.2, 0.25) is 4.34 Å². The van der Waals surface area contributed by atoms with E-state index >= 15 is 0 Å². The van der Waals surface area contributed by atoms with E-state index in [4.69, 9.17) is 17.3 Å². The standard InChI is InChI=1S/C10H14ClNS/c1-7-8(6-9(11)13-7)2-3-10(12)4-5-10/h6H,2-5,12H2,1H3. The molecule has 1 aliphatic rings. The Labute approximate surface area is 87.9 Å². The molecule has 1 fully saturated rings. The van der Waals surface area contributed by atoms with Gasteiger partial charge in [-0.2, -0.15) is 0 Å². The Morgan fingerprint density at radius 1 is 1.62 bits per heavy atom. The number of halogens is 1. The van der Waals surface area contributed by atoms with E-state index in [-0.39, 0.29) is 5.54 Å². The molecule has 72 valence electrons. The summed E-state index contributed by atoms with van der Waals surface area (Å²) in [6, 6.07) is 2.08. The molecule has 1 saturated carbocycles. The van der Waals surface area contributed by atoms with Crippen LogP contribution in [0.15, 0.2) is 6.07 Å². The predicted molar refractivity (Wildman–Crippen MR) is 58.5 cm³/mol. The van der Waals surface area contributed by atoms with Crippen LogP contribution in [0.5, 0.6) is 0 Å². The molecule has 1 nitrogen and oxygen atoms in total. The molecule has 0 aromatic carbocycles. The highest BCUT2D eigenvalue weighted by Crippen LogP contribution is 2.37. The second-order valence-corrected chi connectivity index (χ2v) is 5.88. The van der Waals surface area contributed by atoms with E-state index in [1.165, 1.54) is 23.3 Å². The van der Waals surface area contributed by atoms with Gasteiger partial charge in [-0.25, -0.2) is 0 Å². The molecule has 2 rings (SSSR count). The Kier molecular flexibility index (Phi) is 2.39. The van der Waals surface area contributed by atoms with Gasteiger partial charge in [-0.05, 0) is 44.2 Å². The van der Waals surface area contributed by atoms with Gasteiger partial charge in [0.05, 0.1) is 4.34 Å². The Hall–Kier alpha value is -0.0500.